The van der Waals surface area contributed by atoms with Crippen LogP contribution < -0.4 is 14.8 Å². The lowest BCUT2D eigenvalue weighted by Crippen LogP contribution is -2.24. The number of pyridine rings is 1. The lowest BCUT2D eigenvalue weighted by Gasteiger charge is -2.05. The number of fused-ring (bicyclic) bond motifs is 1. The van der Waals surface area contributed by atoms with Crippen molar-refractivity contribution in [1.82, 2.24) is 10.3 Å². The van der Waals surface area contributed by atoms with Gasteiger partial charge in [0.1, 0.15) is 5.69 Å². The van der Waals surface area contributed by atoms with Gasteiger partial charge in [0.05, 0.1) is 0 Å². The molecule has 1 aliphatic rings. The summed E-state index contributed by atoms with van der Waals surface area (Å²) in [5.74, 6) is 0.232. The van der Waals surface area contributed by atoms with Crippen LogP contribution in [0.2, 0.25) is 0 Å². The van der Waals surface area contributed by atoms with E-state index in [0.29, 0.717) is 18.0 Å². The molecule has 0 bridgehead atoms. The van der Waals surface area contributed by atoms with Crippen molar-refractivity contribution in [2.75, 3.05) is 6.79 Å². The summed E-state index contributed by atoms with van der Waals surface area (Å²) in [5, 5.41) is 2.67. The topological polar surface area (TPSA) is 60.5 Å². The SMILES string of the molecule is O=C(NCc1ccc2c(c1)OCO2)c1cccc(F)n1. The summed E-state index contributed by atoms with van der Waals surface area (Å²) in [6.45, 7) is 0.506. The van der Waals surface area contributed by atoms with Gasteiger partial charge in [0.15, 0.2) is 11.5 Å². The highest BCUT2D eigenvalue weighted by atomic mass is 19.1. The van der Waals surface area contributed by atoms with Crippen molar-refractivity contribution < 1.29 is 18.7 Å². The van der Waals surface area contributed by atoms with Crippen LogP contribution in [0.3, 0.4) is 0 Å². The molecule has 1 amide bonds. The monoisotopic (exact) mass is 274 g/mol. The van der Waals surface area contributed by atoms with Crippen LogP contribution in [0, 0.1) is 5.95 Å². The lowest BCUT2D eigenvalue weighted by molar-refractivity contribution is 0.0944. The number of carbonyl (C=O) groups excluding carboxylic acids is 1. The van der Waals surface area contributed by atoms with Gasteiger partial charge in [-0.15, -0.1) is 0 Å². The average Bonchev–Trinajstić information content (AvgIpc) is 2.92. The number of amides is 1. The largest absolute Gasteiger partial charge is 0.454 e. The van der Waals surface area contributed by atoms with Gasteiger partial charge in [-0.3, -0.25) is 4.79 Å². The van der Waals surface area contributed by atoms with E-state index in [1.807, 2.05) is 6.07 Å². The predicted molar refractivity (Wildman–Crippen MR) is 67.9 cm³/mol. The van der Waals surface area contributed by atoms with Crippen LogP contribution >= 0.6 is 0 Å². The van der Waals surface area contributed by atoms with Crippen molar-refractivity contribution in [3.63, 3.8) is 0 Å². The predicted octanol–water partition coefficient (Wildman–Crippen LogP) is 1.88. The van der Waals surface area contributed by atoms with Crippen molar-refractivity contribution in [1.29, 1.82) is 0 Å². The fraction of sp³-hybridized carbons (Fsp3) is 0.143. The molecule has 102 valence electrons. The Hall–Kier alpha value is -2.63. The third-order valence-electron chi connectivity index (χ3n) is 2.84. The van der Waals surface area contributed by atoms with Crippen LogP contribution in [0.1, 0.15) is 16.1 Å². The van der Waals surface area contributed by atoms with E-state index in [9.17, 15) is 9.18 Å². The number of nitrogens with zero attached hydrogens (tertiary/aromatic N) is 1. The first-order chi connectivity index (χ1) is 9.72. The number of carbonyl (C=O) groups is 1. The van der Waals surface area contributed by atoms with Gasteiger partial charge in [0.25, 0.3) is 5.91 Å². The van der Waals surface area contributed by atoms with Crippen LogP contribution in [-0.2, 0) is 6.54 Å². The Labute approximate surface area is 114 Å². The van der Waals surface area contributed by atoms with Gasteiger partial charge < -0.3 is 14.8 Å². The second kappa shape index (κ2) is 5.16. The fourth-order valence-corrected chi connectivity index (χ4v) is 1.86. The molecule has 0 aliphatic carbocycles. The minimum absolute atomic E-state index is 0.0470. The highest BCUT2D eigenvalue weighted by Crippen LogP contribution is 2.32. The molecule has 0 saturated carbocycles. The average molecular weight is 274 g/mol. The highest BCUT2D eigenvalue weighted by molar-refractivity contribution is 5.92. The molecule has 6 heteroatoms. The Morgan fingerprint density at radius 1 is 1.25 bits per heavy atom. The molecule has 2 heterocycles. The summed E-state index contributed by atoms with van der Waals surface area (Å²) in [6.07, 6.45) is 0. The second-order valence-corrected chi connectivity index (χ2v) is 4.22. The van der Waals surface area contributed by atoms with Gasteiger partial charge in [-0.05, 0) is 29.8 Å². The van der Waals surface area contributed by atoms with E-state index in [-0.39, 0.29) is 12.5 Å². The summed E-state index contributed by atoms with van der Waals surface area (Å²) in [6, 6.07) is 9.49. The summed E-state index contributed by atoms with van der Waals surface area (Å²) in [5.41, 5.74) is 0.907. The van der Waals surface area contributed by atoms with Crippen LogP contribution in [0.4, 0.5) is 4.39 Å². The number of benzene rings is 1. The van der Waals surface area contributed by atoms with Crippen molar-refractivity contribution in [2.45, 2.75) is 6.54 Å². The first-order valence-corrected chi connectivity index (χ1v) is 6.02. The molecular weight excluding hydrogens is 263 g/mol. The van der Waals surface area contributed by atoms with Crippen molar-refractivity contribution >= 4 is 5.91 Å². The zero-order valence-electron chi connectivity index (χ0n) is 10.4. The molecule has 1 aromatic carbocycles. The fourth-order valence-electron chi connectivity index (χ4n) is 1.86. The maximum absolute atomic E-state index is 12.9. The van der Waals surface area contributed by atoms with E-state index >= 15 is 0 Å². The molecule has 0 spiro atoms. The Morgan fingerprint density at radius 2 is 2.10 bits per heavy atom. The molecule has 20 heavy (non-hydrogen) atoms. The number of rotatable bonds is 3. The molecule has 0 unspecified atom stereocenters. The number of ether oxygens (including phenoxy) is 2. The number of nitrogens with one attached hydrogen (secondary N) is 1. The molecule has 1 aromatic heterocycles. The lowest BCUT2D eigenvalue weighted by atomic mass is 10.2. The van der Waals surface area contributed by atoms with Gasteiger partial charge in [0.2, 0.25) is 12.7 Å². The van der Waals surface area contributed by atoms with E-state index < -0.39 is 11.9 Å². The van der Waals surface area contributed by atoms with E-state index in [2.05, 4.69) is 10.3 Å². The minimum atomic E-state index is -0.680. The molecular formula is C14H11FN2O3. The maximum Gasteiger partial charge on any atom is 0.270 e. The smallest absolute Gasteiger partial charge is 0.270 e. The number of hydrogen-bond donors (Lipinski definition) is 1. The molecule has 1 N–H and O–H groups in total. The van der Waals surface area contributed by atoms with E-state index in [4.69, 9.17) is 9.47 Å². The van der Waals surface area contributed by atoms with Crippen molar-refractivity contribution in [3.8, 4) is 11.5 Å². The normalized spacial score (nSPS) is 12.2. The quantitative estimate of drug-likeness (QED) is 0.868. The van der Waals surface area contributed by atoms with Gasteiger partial charge in [-0.2, -0.15) is 4.39 Å². The number of halogens is 1. The van der Waals surface area contributed by atoms with Gasteiger partial charge in [-0.1, -0.05) is 12.1 Å². The molecule has 0 atom stereocenters. The molecule has 0 fully saturated rings. The number of aromatic nitrogens is 1. The molecule has 1 aliphatic heterocycles. The van der Waals surface area contributed by atoms with Crippen LogP contribution in [0.25, 0.3) is 0 Å². The zero-order valence-corrected chi connectivity index (χ0v) is 10.4. The van der Waals surface area contributed by atoms with Crippen molar-refractivity contribution in [3.05, 3.63) is 53.6 Å². The van der Waals surface area contributed by atoms with E-state index in [1.54, 1.807) is 12.1 Å². The van der Waals surface area contributed by atoms with Gasteiger partial charge in [-0.25, -0.2) is 4.98 Å². The minimum Gasteiger partial charge on any atom is -0.454 e. The van der Waals surface area contributed by atoms with E-state index in [1.165, 1.54) is 18.2 Å². The molecule has 0 radical (unpaired) electrons. The summed E-state index contributed by atoms with van der Waals surface area (Å²) >= 11 is 0. The Bertz CT molecular complexity index is 661. The number of hydrogen-bond acceptors (Lipinski definition) is 4. The molecule has 5 nitrogen and oxygen atoms in total. The first kappa shape index (κ1) is 12.4. The Kier molecular flexibility index (Phi) is 3.20. The zero-order chi connectivity index (χ0) is 13.9. The molecule has 2 aromatic rings. The highest BCUT2D eigenvalue weighted by Gasteiger charge is 2.14. The van der Waals surface area contributed by atoms with E-state index in [0.717, 1.165) is 5.56 Å². The Balaban J connectivity index is 1.66. The molecule has 0 saturated heterocycles. The van der Waals surface area contributed by atoms with Gasteiger partial charge >= 0.3 is 0 Å². The van der Waals surface area contributed by atoms with Crippen LogP contribution in [-0.4, -0.2) is 17.7 Å². The first-order valence-electron chi connectivity index (χ1n) is 6.02. The van der Waals surface area contributed by atoms with Crippen LogP contribution in [0.15, 0.2) is 36.4 Å². The second-order valence-electron chi connectivity index (χ2n) is 4.22. The third-order valence-corrected chi connectivity index (χ3v) is 2.84. The molecule has 3 rings (SSSR count). The standard InChI is InChI=1S/C14H11FN2O3/c15-13-3-1-2-10(17-13)14(18)16-7-9-4-5-11-12(6-9)20-8-19-11/h1-6H,7-8H2,(H,16,18). The van der Waals surface area contributed by atoms with Crippen LogP contribution in [0.5, 0.6) is 11.5 Å². The van der Waals surface area contributed by atoms with Crippen molar-refractivity contribution in [2.24, 2.45) is 0 Å². The summed E-state index contributed by atoms with van der Waals surface area (Å²) in [4.78, 5) is 15.3. The summed E-state index contributed by atoms with van der Waals surface area (Å²) in [7, 11) is 0. The van der Waals surface area contributed by atoms with Gasteiger partial charge in [0, 0.05) is 6.54 Å². The Morgan fingerprint density at radius 3 is 2.95 bits per heavy atom. The summed E-state index contributed by atoms with van der Waals surface area (Å²) < 4.78 is 23.4. The third kappa shape index (κ3) is 2.54. The maximum atomic E-state index is 12.9.